The fourth-order valence-corrected chi connectivity index (χ4v) is 1.57. The zero-order valence-electron chi connectivity index (χ0n) is 12.5. The van der Waals surface area contributed by atoms with Gasteiger partial charge in [0.2, 0.25) is 0 Å². The topological polar surface area (TPSA) is 64.6 Å². The second-order valence-corrected chi connectivity index (χ2v) is 5.53. The van der Waals surface area contributed by atoms with Crippen molar-refractivity contribution in [1.29, 1.82) is 0 Å². The highest BCUT2D eigenvalue weighted by Gasteiger charge is 2.21. The first-order chi connectivity index (χ1) is 9.26. The van der Waals surface area contributed by atoms with E-state index in [1.54, 1.807) is 25.1 Å². The molecule has 0 aliphatic heterocycles. The molecule has 1 unspecified atom stereocenters. The van der Waals surface area contributed by atoms with Gasteiger partial charge in [0.25, 0.3) is 5.91 Å². The molecule has 1 aromatic rings. The SMILES string of the molecule is COc1ccc(C=O)cc1OC(C)C(=O)NC(C)(C)C. The van der Waals surface area contributed by atoms with Gasteiger partial charge >= 0.3 is 0 Å². The summed E-state index contributed by atoms with van der Waals surface area (Å²) < 4.78 is 10.7. The Hall–Kier alpha value is -2.04. The van der Waals surface area contributed by atoms with Crippen molar-refractivity contribution < 1.29 is 19.1 Å². The number of hydrogen-bond acceptors (Lipinski definition) is 4. The molecule has 5 nitrogen and oxygen atoms in total. The number of carbonyl (C=O) groups is 2. The van der Waals surface area contributed by atoms with Crippen LogP contribution in [0, 0.1) is 0 Å². The molecule has 0 spiro atoms. The van der Waals surface area contributed by atoms with Crippen molar-refractivity contribution in [3.63, 3.8) is 0 Å². The van der Waals surface area contributed by atoms with Crippen molar-refractivity contribution in [2.45, 2.75) is 39.3 Å². The zero-order valence-corrected chi connectivity index (χ0v) is 12.5. The highest BCUT2D eigenvalue weighted by atomic mass is 16.5. The number of amides is 1. The molecule has 5 heteroatoms. The molecule has 20 heavy (non-hydrogen) atoms. The van der Waals surface area contributed by atoms with Gasteiger partial charge in [-0.1, -0.05) is 0 Å². The maximum absolute atomic E-state index is 12.0. The van der Waals surface area contributed by atoms with Crippen LogP contribution in [-0.4, -0.2) is 30.9 Å². The Morgan fingerprint density at radius 2 is 1.95 bits per heavy atom. The summed E-state index contributed by atoms with van der Waals surface area (Å²) in [6.45, 7) is 7.33. The molecule has 0 bridgehead atoms. The predicted molar refractivity (Wildman–Crippen MR) is 76.4 cm³/mol. The second kappa shape index (κ2) is 6.41. The smallest absolute Gasteiger partial charge is 0.261 e. The maximum Gasteiger partial charge on any atom is 0.261 e. The van der Waals surface area contributed by atoms with Crippen LogP contribution in [0.3, 0.4) is 0 Å². The van der Waals surface area contributed by atoms with Crippen LogP contribution in [0.1, 0.15) is 38.1 Å². The van der Waals surface area contributed by atoms with Gasteiger partial charge in [-0.2, -0.15) is 0 Å². The van der Waals surface area contributed by atoms with Crippen LogP contribution >= 0.6 is 0 Å². The lowest BCUT2D eigenvalue weighted by atomic mass is 10.1. The monoisotopic (exact) mass is 279 g/mol. The molecule has 0 aromatic heterocycles. The molecular formula is C15H21NO4. The molecule has 0 saturated carbocycles. The normalized spacial score (nSPS) is 12.4. The van der Waals surface area contributed by atoms with E-state index in [9.17, 15) is 9.59 Å². The fraction of sp³-hybridized carbons (Fsp3) is 0.467. The first-order valence-corrected chi connectivity index (χ1v) is 6.38. The summed E-state index contributed by atoms with van der Waals surface area (Å²) in [5, 5.41) is 2.83. The number of carbonyl (C=O) groups excluding carboxylic acids is 2. The van der Waals surface area contributed by atoms with E-state index < -0.39 is 6.10 Å². The number of hydrogen-bond donors (Lipinski definition) is 1. The highest BCUT2D eigenvalue weighted by Crippen LogP contribution is 2.28. The maximum atomic E-state index is 12.0. The van der Waals surface area contributed by atoms with Crippen molar-refractivity contribution in [1.82, 2.24) is 5.32 Å². The summed E-state index contributed by atoms with van der Waals surface area (Å²) in [6.07, 6.45) is 0.0247. The molecule has 0 aliphatic rings. The van der Waals surface area contributed by atoms with Crippen molar-refractivity contribution in [3.05, 3.63) is 23.8 Å². The predicted octanol–water partition coefficient (Wildman–Crippen LogP) is 2.19. The Morgan fingerprint density at radius 3 is 2.45 bits per heavy atom. The Balaban J connectivity index is 2.86. The Kier molecular flexibility index (Phi) is 5.13. The van der Waals surface area contributed by atoms with Gasteiger partial charge in [-0.05, 0) is 45.9 Å². The number of benzene rings is 1. The summed E-state index contributed by atoms with van der Waals surface area (Å²) in [5.74, 6) is 0.621. The molecular weight excluding hydrogens is 258 g/mol. The number of rotatable bonds is 5. The van der Waals surface area contributed by atoms with E-state index in [4.69, 9.17) is 9.47 Å². The first kappa shape index (κ1) is 16.0. The standard InChI is InChI=1S/C15H21NO4/c1-10(14(18)16-15(2,3)4)20-13-8-11(9-17)6-7-12(13)19-5/h6-10H,1-5H3,(H,16,18). The van der Waals surface area contributed by atoms with Crippen LogP contribution in [0.25, 0.3) is 0 Å². The molecule has 0 heterocycles. The van der Waals surface area contributed by atoms with Crippen LogP contribution in [-0.2, 0) is 4.79 Å². The van der Waals surface area contributed by atoms with Crippen molar-refractivity contribution in [2.24, 2.45) is 0 Å². The van der Waals surface area contributed by atoms with Crippen LogP contribution in [0.2, 0.25) is 0 Å². The fourth-order valence-electron chi connectivity index (χ4n) is 1.57. The van der Waals surface area contributed by atoms with Gasteiger partial charge in [-0.3, -0.25) is 9.59 Å². The van der Waals surface area contributed by atoms with Crippen LogP contribution < -0.4 is 14.8 Å². The van der Waals surface area contributed by atoms with E-state index in [2.05, 4.69) is 5.32 Å². The van der Waals surface area contributed by atoms with E-state index in [1.165, 1.54) is 7.11 Å². The van der Waals surface area contributed by atoms with Crippen molar-refractivity contribution in [2.75, 3.05) is 7.11 Å². The molecule has 1 rings (SSSR count). The number of nitrogens with one attached hydrogen (secondary N) is 1. The highest BCUT2D eigenvalue weighted by molar-refractivity contribution is 5.81. The number of methoxy groups -OCH3 is 1. The lowest BCUT2D eigenvalue weighted by Gasteiger charge is -2.24. The van der Waals surface area contributed by atoms with Gasteiger partial charge in [0.05, 0.1) is 7.11 Å². The Morgan fingerprint density at radius 1 is 1.30 bits per heavy atom. The van der Waals surface area contributed by atoms with Gasteiger partial charge in [0, 0.05) is 11.1 Å². The molecule has 1 aromatic carbocycles. The van der Waals surface area contributed by atoms with Crippen LogP contribution in [0.5, 0.6) is 11.5 Å². The van der Waals surface area contributed by atoms with Gasteiger partial charge in [0.1, 0.15) is 6.29 Å². The lowest BCUT2D eigenvalue weighted by molar-refractivity contribution is -0.128. The average molecular weight is 279 g/mol. The Labute approximate surface area is 119 Å². The van der Waals surface area contributed by atoms with Gasteiger partial charge < -0.3 is 14.8 Å². The summed E-state index contributed by atoms with van der Waals surface area (Å²) >= 11 is 0. The van der Waals surface area contributed by atoms with E-state index >= 15 is 0 Å². The van der Waals surface area contributed by atoms with Crippen molar-refractivity contribution in [3.8, 4) is 11.5 Å². The summed E-state index contributed by atoms with van der Waals surface area (Å²) in [6, 6.07) is 4.80. The van der Waals surface area contributed by atoms with E-state index in [0.717, 1.165) is 0 Å². The van der Waals surface area contributed by atoms with Crippen molar-refractivity contribution >= 4 is 12.2 Å². The van der Waals surface area contributed by atoms with Gasteiger partial charge in [0.15, 0.2) is 17.6 Å². The summed E-state index contributed by atoms with van der Waals surface area (Å²) in [5.41, 5.74) is 0.132. The second-order valence-electron chi connectivity index (χ2n) is 5.53. The molecule has 110 valence electrons. The largest absolute Gasteiger partial charge is 0.493 e. The van der Waals surface area contributed by atoms with Crippen LogP contribution in [0.4, 0.5) is 0 Å². The minimum Gasteiger partial charge on any atom is -0.493 e. The number of ether oxygens (including phenoxy) is 2. The first-order valence-electron chi connectivity index (χ1n) is 6.38. The molecule has 0 aliphatic carbocycles. The molecule has 0 saturated heterocycles. The minimum absolute atomic E-state index is 0.226. The van der Waals surface area contributed by atoms with Gasteiger partial charge in [-0.25, -0.2) is 0 Å². The molecule has 1 N–H and O–H groups in total. The molecule has 0 radical (unpaired) electrons. The van der Waals surface area contributed by atoms with E-state index in [-0.39, 0.29) is 11.4 Å². The molecule has 1 atom stereocenters. The number of aldehydes is 1. The average Bonchev–Trinajstić information content (AvgIpc) is 2.36. The molecule has 1 amide bonds. The van der Waals surface area contributed by atoms with E-state index in [1.807, 2.05) is 20.8 Å². The summed E-state index contributed by atoms with van der Waals surface area (Å²) in [7, 11) is 1.50. The molecule has 0 fully saturated rings. The minimum atomic E-state index is -0.690. The van der Waals surface area contributed by atoms with E-state index in [0.29, 0.717) is 23.3 Å². The third-order valence-corrected chi connectivity index (χ3v) is 2.49. The van der Waals surface area contributed by atoms with Crippen LogP contribution in [0.15, 0.2) is 18.2 Å². The summed E-state index contributed by atoms with van der Waals surface area (Å²) in [4.78, 5) is 22.8. The Bertz CT molecular complexity index is 491. The third kappa shape index (κ3) is 4.57. The van der Waals surface area contributed by atoms with Gasteiger partial charge in [-0.15, -0.1) is 0 Å². The zero-order chi connectivity index (χ0) is 15.3. The third-order valence-electron chi connectivity index (χ3n) is 2.49. The lowest BCUT2D eigenvalue weighted by Crippen LogP contribution is -2.46. The quantitative estimate of drug-likeness (QED) is 0.839.